The molecule has 0 saturated carbocycles. The number of rotatable bonds is 3. The van der Waals surface area contributed by atoms with Crippen LogP contribution in [0.15, 0.2) is 48.5 Å². The molecule has 0 bridgehead atoms. The first kappa shape index (κ1) is 18.7. The SMILES string of the molecule is CC(C)c1ccc(NC(=O)C(=O)Nc2ccccc2C(C)(C)C)cc1. The first-order valence-electron chi connectivity index (χ1n) is 8.50. The number of amides is 2. The van der Waals surface area contributed by atoms with Crippen LogP contribution >= 0.6 is 0 Å². The van der Waals surface area contributed by atoms with Crippen molar-refractivity contribution >= 4 is 23.2 Å². The van der Waals surface area contributed by atoms with Crippen LogP contribution in [0.1, 0.15) is 51.7 Å². The molecule has 2 aromatic carbocycles. The zero-order valence-corrected chi connectivity index (χ0v) is 15.5. The van der Waals surface area contributed by atoms with E-state index in [1.54, 1.807) is 0 Å². The lowest BCUT2D eigenvalue weighted by Gasteiger charge is -2.22. The third-order valence-electron chi connectivity index (χ3n) is 4.02. The van der Waals surface area contributed by atoms with E-state index in [-0.39, 0.29) is 5.41 Å². The van der Waals surface area contributed by atoms with Crippen LogP contribution in [0.3, 0.4) is 0 Å². The highest BCUT2D eigenvalue weighted by atomic mass is 16.2. The van der Waals surface area contributed by atoms with E-state index in [0.29, 0.717) is 17.3 Å². The molecule has 2 rings (SSSR count). The van der Waals surface area contributed by atoms with E-state index in [0.717, 1.165) is 5.56 Å². The van der Waals surface area contributed by atoms with Gasteiger partial charge in [-0.25, -0.2) is 0 Å². The van der Waals surface area contributed by atoms with Gasteiger partial charge in [0.05, 0.1) is 0 Å². The summed E-state index contributed by atoms with van der Waals surface area (Å²) in [5, 5.41) is 5.35. The van der Waals surface area contributed by atoms with Gasteiger partial charge in [-0.1, -0.05) is 65.0 Å². The van der Waals surface area contributed by atoms with E-state index in [1.165, 1.54) is 5.56 Å². The molecule has 132 valence electrons. The lowest BCUT2D eigenvalue weighted by atomic mass is 9.86. The van der Waals surface area contributed by atoms with Gasteiger partial charge in [-0.3, -0.25) is 9.59 Å². The zero-order valence-electron chi connectivity index (χ0n) is 15.5. The number of carbonyl (C=O) groups excluding carboxylic acids is 2. The minimum Gasteiger partial charge on any atom is -0.318 e. The van der Waals surface area contributed by atoms with Crippen molar-refractivity contribution in [3.05, 3.63) is 59.7 Å². The maximum Gasteiger partial charge on any atom is 0.314 e. The zero-order chi connectivity index (χ0) is 18.6. The Morgan fingerprint density at radius 1 is 0.840 bits per heavy atom. The average Bonchev–Trinajstić information content (AvgIpc) is 2.54. The molecule has 4 nitrogen and oxygen atoms in total. The van der Waals surface area contributed by atoms with E-state index in [1.807, 2.05) is 48.5 Å². The topological polar surface area (TPSA) is 58.2 Å². The van der Waals surface area contributed by atoms with Crippen molar-refractivity contribution in [2.24, 2.45) is 0 Å². The van der Waals surface area contributed by atoms with E-state index < -0.39 is 11.8 Å². The molecule has 0 aromatic heterocycles. The van der Waals surface area contributed by atoms with Crippen LogP contribution in [-0.2, 0) is 15.0 Å². The molecule has 0 fully saturated rings. The van der Waals surface area contributed by atoms with Crippen molar-refractivity contribution in [1.82, 2.24) is 0 Å². The third-order valence-corrected chi connectivity index (χ3v) is 4.02. The largest absolute Gasteiger partial charge is 0.318 e. The summed E-state index contributed by atoms with van der Waals surface area (Å²) in [4.78, 5) is 24.4. The predicted octanol–water partition coefficient (Wildman–Crippen LogP) is 4.68. The predicted molar refractivity (Wildman–Crippen MR) is 103 cm³/mol. The molecular weight excluding hydrogens is 312 g/mol. The first-order valence-corrected chi connectivity index (χ1v) is 8.50. The summed E-state index contributed by atoms with van der Waals surface area (Å²) in [7, 11) is 0. The lowest BCUT2D eigenvalue weighted by Crippen LogP contribution is -2.30. The molecule has 0 saturated heterocycles. The van der Waals surface area contributed by atoms with Crippen LogP contribution in [0, 0.1) is 0 Å². The lowest BCUT2D eigenvalue weighted by molar-refractivity contribution is -0.133. The Bertz CT molecular complexity index is 756. The van der Waals surface area contributed by atoms with Crippen LogP contribution < -0.4 is 10.6 Å². The second-order valence-electron chi connectivity index (χ2n) is 7.48. The minimum absolute atomic E-state index is 0.132. The summed E-state index contributed by atoms with van der Waals surface area (Å²) in [5.41, 5.74) is 3.30. The number of benzene rings is 2. The maximum atomic E-state index is 12.2. The molecule has 0 radical (unpaired) electrons. The Morgan fingerprint density at radius 2 is 1.40 bits per heavy atom. The number of nitrogens with one attached hydrogen (secondary N) is 2. The number of hydrogen-bond acceptors (Lipinski definition) is 2. The van der Waals surface area contributed by atoms with Crippen LogP contribution in [0.25, 0.3) is 0 Å². The Hall–Kier alpha value is -2.62. The van der Waals surface area contributed by atoms with Crippen molar-refractivity contribution in [3.63, 3.8) is 0 Å². The van der Waals surface area contributed by atoms with Crippen LogP contribution in [0.4, 0.5) is 11.4 Å². The molecule has 0 aliphatic carbocycles. The van der Waals surface area contributed by atoms with Gasteiger partial charge < -0.3 is 10.6 Å². The molecule has 2 N–H and O–H groups in total. The first-order chi connectivity index (χ1) is 11.7. The van der Waals surface area contributed by atoms with Gasteiger partial charge in [0.25, 0.3) is 0 Å². The van der Waals surface area contributed by atoms with Crippen molar-refractivity contribution in [3.8, 4) is 0 Å². The molecule has 0 aliphatic rings. The number of anilines is 2. The summed E-state index contributed by atoms with van der Waals surface area (Å²) in [6.45, 7) is 10.4. The van der Waals surface area contributed by atoms with E-state index in [9.17, 15) is 9.59 Å². The quantitative estimate of drug-likeness (QED) is 0.798. The fraction of sp³-hybridized carbons (Fsp3) is 0.333. The molecule has 2 amide bonds. The van der Waals surface area contributed by atoms with E-state index >= 15 is 0 Å². The molecule has 0 unspecified atom stereocenters. The summed E-state index contributed by atoms with van der Waals surface area (Å²) in [6.07, 6.45) is 0. The Morgan fingerprint density at radius 3 is 1.96 bits per heavy atom. The molecule has 0 spiro atoms. The number of carbonyl (C=O) groups is 2. The molecule has 0 heterocycles. The second-order valence-corrected chi connectivity index (χ2v) is 7.48. The van der Waals surface area contributed by atoms with Crippen molar-refractivity contribution in [2.75, 3.05) is 10.6 Å². The van der Waals surface area contributed by atoms with Gasteiger partial charge in [-0.05, 0) is 40.7 Å². The Labute approximate surface area is 149 Å². The molecule has 0 atom stereocenters. The molecular formula is C21H26N2O2. The fourth-order valence-electron chi connectivity index (χ4n) is 2.56. The Balaban J connectivity index is 2.07. The second kappa shape index (κ2) is 7.51. The van der Waals surface area contributed by atoms with Gasteiger partial charge in [0, 0.05) is 11.4 Å². The van der Waals surface area contributed by atoms with Gasteiger partial charge in [0.15, 0.2) is 0 Å². The highest BCUT2D eigenvalue weighted by Gasteiger charge is 2.21. The van der Waals surface area contributed by atoms with Crippen molar-refractivity contribution in [2.45, 2.75) is 46.0 Å². The van der Waals surface area contributed by atoms with E-state index in [2.05, 4.69) is 45.3 Å². The van der Waals surface area contributed by atoms with Gasteiger partial charge in [0.2, 0.25) is 0 Å². The number of hydrogen-bond donors (Lipinski definition) is 2. The highest BCUT2D eigenvalue weighted by Crippen LogP contribution is 2.29. The van der Waals surface area contributed by atoms with Gasteiger partial charge in [-0.2, -0.15) is 0 Å². The molecule has 0 aliphatic heterocycles. The Kier molecular flexibility index (Phi) is 5.62. The third kappa shape index (κ3) is 4.92. The van der Waals surface area contributed by atoms with Crippen molar-refractivity contribution < 1.29 is 9.59 Å². The van der Waals surface area contributed by atoms with Gasteiger partial charge in [-0.15, -0.1) is 0 Å². The standard InChI is InChI=1S/C21H26N2O2/c1-14(2)15-10-12-16(13-11-15)22-19(24)20(25)23-18-9-7-6-8-17(18)21(3,4)5/h6-14H,1-5H3,(H,22,24)(H,23,25). The highest BCUT2D eigenvalue weighted by molar-refractivity contribution is 6.43. The minimum atomic E-state index is -0.680. The summed E-state index contributed by atoms with van der Waals surface area (Å²) in [6, 6.07) is 15.1. The summed E-state index contributed by atoms with van der Waals surface area (Å²) >= 11 is 0. The van der Waals surface area contributed by atoms with E-state index in [4.69, 9.17) is 0 Å². The summed E-state index contributed by atoms with van der Waals surface area (Å²) in [5.74, 6) is -0.937. The van der Waals surface area contributed by atoms with Crippen LogP contribution in [0.5, 0.6) is 0 Å². The average molecular weight is 338 g/mol. The monoisotopic (exact) mass is 338 g/mol. The van der Waals surface area contributed by atoms with Gasteiger partial charge in [0.1, 0.15) is 0 Å². The smallest absolute Gasteiger partial charge is 0.314 e. The maximum absolute atomic E-state index is 12.2. The normalized spacial score (nSPS) is 11.3. The molecule has 2 aromatic rings. The van der Waals surface area contributed by atoms with Gasteiger partial charge >= 0.3 is 11.8 Å². The molecule has 25 heavy (non-hydrogen) atoms. The summed E-state index contributed by atoms with van der Waals surface area (Å²) < 4.78 is 0. The van der Waals surface area contributed by atoms with Crippen LogP contribution in [0.2, 0.25) is 0 Å². The van der Waals surface area contributed by atoms with Crippen molar-refractivity contribution in [1.29, 1.82) is 0 Å². The fourth-order valence-corrected chi connectivity index (χ4v) is 2.56. The molecule has 4 heteroatoms. The number of para-hydroxylation sites is 1. The van der Waals surface area contributed by atoms with Crippen LogP contribution in [-0.4, -0.2) is 11.8 Å².